The van der Waals surface area contributed by atoms with Crippen LogP contribution in [0.25, 0.3) is 66.2 Å². The van der Waals surface area contributed by atoms with Crippen molar-refractivity contribution < 1.29 is 4.42 Å². The number of aryl methyl sites for hydroxylation is 1. The van der Waals surface area contributed by atoms with Crippen molar-refractivity contribution in [3.05, 3.63) is 121 Å². The number of rotatable bonds is 2. The molecule has 3 aromatic heterocycles. The van der Waals surface area contributed by atoms with Crippen molar-refractivity contribution in [3.63, 3.8) is 0 Å². The van der Waals surface area contributed by atoms with Crippen LogP contribution in [-0.2, 0) is 0 Å². The lowest BCUT2D eigenvalue weighted by atomic mass is 10.1. The third-order valence-corrected chi connectivity index (χ3v) is 7.36. The average Bonchev–Trinajstić information content (AvgIpc) is 3.56. The monoisotopic (exact) mass is 462 g/mol. The summed E-state index contributed by atoms with van der Waals surface area (Å²) >= 11 is 0. The summed E-state index contributed by atoms with van der Waals surface area (Å²) in [6, 6.07) is 40.9. The second-order valence-corrected chi connectivity index (χ2v) is 9.49. The first-order chi connectivity index (χ1) is 17.8. The zero-order valence-electron chi connectivity index (χ0n) is 19.8. The summed E-state index contributed by atoms with van der Waals surface area (Å²) in [5, 5.41) is 6.02. The molecule has 3 nitrogen and oxygen atoms in total. The van der Waals surface area contributed by atoms with Crippen molar-refractivity contribution in [1.82, 2.24) is 9.13 Å². The number of fused-ring (bicyclic) bond motifs is 8. The summed E-state index contributed by atoms with van der Waals surface area (Å²) in [5.41, 5.74) is 8.77. The molecule has 0 spiro atoms. The van der Waals surface area contributed by atoms with Gasteiger partial charge in [-0.15, -0.1) is 0 Å². The van der Waals surface area contributed by atoms with Gasteiger partial charge in [0.15, 0.2) is 5.58 Å². The van der Waals surface area contributed by atoms with Crippen LogP contribution >= 0.6 is 0 Å². The molecule has 0 amide bonds. The molecule has 8 rings (SSSR count). The first-order valence-corrected chi connectivity index (χ1v) is 12.3. The van der Waals surface area contributed by atoms with Gasteiger partial charge in [-0.1, -0.05) is 78.9 Å². The van der Waals surface area contributed by atoms with Gasteiger partial charge < -0.3 is 4.42 Å². The molecule has 0 aliphatic heterocycles. The average molecular weight is 463 g/mol. The molecular formula is C33H22N2O. The van der Waals surface area contributed by atoms with Gasteiger partial charge in [0, 0.05) is 32.6 Å². The highest BCUT2D eigenvalue weighted by Gasteiger charge is 2.23. The molecule has 0 saturated carbocycles. The van der Waals surface area contributed by atoms with Crippen molar-refractivity contribution in [1.29, 1.82) is 0 Å². The lowest BCUT2D eigenvalue weighted by molar-refractivity contribution is 0.666. The largest absolute Gasteiger partial charge is 0.454 e. The van der Waals surface area contributed by atoms with Gasteiger partial charge in [0.25, 0.3) is 0 Å². The van der Waals surface area contributed by atoms with E-state index in [1.54, 1.807) is 0 Å². The Morgan fingerprint density at radius 2 is 1.19 bits per heavy atom. The highest BCUT2D eigenvalue weighted by Crippen LogP contribution is 2.42. The maximum Gasteiger partial charge on any atom is 0.159 e. The molecule has 3 heteroatoms. The van der Waals surface area contributed by atoms with Gasteiger partial charge in [0.1, 0.15) is 11.2 Å². The third kappa shape index (κ3) is 2.52. The molecule has 0 radical (unpaired) electrons. The summed E-state index contributed by atoms with van der Waals surface area (Å²) < 4.78 is 11.3. The number of aromatic nitrogens is 2. The van der Waals surface area contributed by atoms with Crippen molar-refractivity contribution in [2.75, 3.05) is 0 Å². The van der Waals surface area contributed by atoms with Crippen LogP contribution in [0.1, 0.15) is 5.56 Å². The van der Waals surface area contributed by atoms with Crippen LogP contribution in [-0.4, -0.2) is 9.13 Å². The first-order valence-electron chi connectivity index (χ1n) is 12.3. The Hall–Kier alpha value is -4.76. The van der Waals surface area contributed by atoms with Crippen LogP contribution in [0.3, 0.4) is 0 Å². The SMILES string of the molecule is Cc1cccc(-n2c3ccccc3c3c4ccccc4n(-c4cccc5c4oc4ccccc45)c32)c1. The molecule has 0 fully saturated rings. The molecule has 5 aromatic carbocycles. The molecule has 0 saturated heterocycles. The van der Waals surface area contributed by atoms with Crippen LogP contribution in [0, 0.1) is 6.92 Å². The molecule has 0 aliphatic rings. The number of benzene rings is 5. The van der Waals surface area contributed by atoms with E-state index in [2.05, 4.69) is 119 Å². The quantitative estimate of drug-likeness (QED) is 0.251. The lowest BCUT2D eigenvalue weighted by Crippen LogP contribution is -2.02. The maximum absolute atomic E-state index is 6.51. The minimum atomic E-state index is 0.905. The third-order valence-electron chi connectivity index (χ3n) is 7.36. The van der Waals surface area contributed by atoms with E-state index in [4.69, 9.17) is 4.42 Å². The molecule has 0 unspecified atom stereocenters. The topological polar surface area (TPSA) is 23.0 Å². The standard InChI is InChI=1S/C33H22N2O/c1-21-10-8-11-22(20-21)34-27-16-5-2-13-25(27)31-26-14-3-6-17-28(26)35(33(31)34)29-18-9-15-24-23-12-4-7-19-30(23)36-32(24)29/h2-20H,1H3. The van der Waals surface area contributed by atoms with Crippen LogP contribution < -0.4 is 0 Å². The predicted octanol–water partition coefficient (Wildman–Crippen LogP) is 8.94. The predicted molar refractivity (Wildman–Crippen MR) is 150 cm³/mol. The molecule has 36 heavy (non-hydrogen) atoms. The second-order valence-electron chi connectivity index (χ2n) is 9.49. The zero-order valence-corrected chi connectivity index (χ0v) is 19.8. The maximum atomic E-state index is 6.51. The fourth-order valence-corrected chi connectivity index (χ4v) is 5.88. The molecule has 0 N–H and O–H groups in total. The number of furan rings is 1. The highest BCUT2D eigenvalue weighted by atomic mass is 16.3. The van der Waals surface area contributed by atoms with E-state index in [1.165, 1.54) is 32.8 Å². The van der Waals surface area contributed by atoms with E-state index in [0.29, 0.717) is 0 Å². The molecule has 8 aromatic rings. The summed E-state index contributed by atoms with van der Waals surface area (Å²) in [6.45, 7) is 2.15. The Labute approximate surface area is 207 Å². The van der Waals surface area contributed by atoms with Crippen molar-refractivity contribution in [2.45, 2.75) is 6.92 Å². The fourth-order valence-electron chi connectivity index (χ4n) is 5.88. The molecule has 0 bridgehead atoms. The number of nitrogens with zero attached hydrogens (tertiary/aromatic N) is 2. The van der Waals surface area contributed by atoms with Crippen LogP contribution in [0.4, 0.5) is 0 Å². The Bertz CT molecular complexity index is 2120. The summed E-state index contributed by atoms with van der Waals surface area (Å²) in [5.74, 6) is 0. The van der Waals surface area contributed by atoms with Gasteiger partial charge in [-0.05, 0) is 48.9 Å². The van der Waals surface area contributed by atoms with Gasteiger partial charge in [-0.2, -0.15) is 0 Å². The van der Waals surface area contributed by atoms with Gasteiger partial charge in [-0.25, -0.2) is 0 Å². The van der Waals surface area contributed by atoms with Crippen molar-refractivity contribution >= 4 is 54.8 Å². The van der Waals surface area contributed by atoms with Crippen LogP contribution in [0.2, 0.25) is 0 Å². The summed E-state index contributed by atoms with van der Waals surface area (Å²) in [7, 11) is 0. The highest BCUT2D eigenvalue weighted by molar-refractivity contribution is 6.23. The van der Waals surface area contributed by atoms with Gasteiger partial charge in [0.05, 0.1) is 16.7 Å². The molecule has 0 aliphatic carbocycles. The Morgan fingerprint density at radius 1 is 0.556 bits per heavy atom. The van der Waals surface area contributed by atoms with Gasteiger partial charge >= 0.3 is 0 Å². The van der Waals surface area contributed by atoms with E-state index in [-0.39, 0.29) is 0 Å². The smallest absolute Gasteiger partial charge is 0.159 e. The number of hydrogen-bond acceptors (Lipinski definition) is 1. The van der Waals surface area contributed by atoms with Crippen LogP contribution in [0.15, 0.2) is 120 Å². The van der Waals surface area contributed by atoms with Crippen molar-refractivity contribution in [3.8, 4) is 11.4 Å². The molecule has 0 atom stereocenters. The minimum absolute atomic E-state index is 0.905. The van der Waals surface area contributed by atoms with Gasteiger partial charge in [0.2, 0.25) is 0 Å². The lowest BCUT2D eigenvalue weighted by Gasteiger charge is -2.13. The zero-order chi connectivity index (χ0) is 23.8. The van der Waals surface area contributed by atoms with E-state index < -0.39 is 0 Å². The first kappa shape index (κ1) is 19.5. The molecule has 3 heterocycles. The summed E-state index contributed by atoms with van der Waals surface area (Å²) in [6.07, 6.45) is 0. The Balaban J connectivity index is 1.63. The van der Waals surface area contributed by atoms with Crippen molar-refractivity contribution in [2.24, 2.45) is 0 Å². The normalized spacial score (nSPS) is 12.0. The molecule has 170 valence electrons. The van der Waals surface area contributed by atoms with E-state index in [9.17, 15) is 0 Å². The Morgan fingerprint density at radius 3 is 1.97 bits per heavy atom. The molecular weight excluding hydrogens is 440 g/mol. The number of hydrogen-bond donors (Lipinski definition) is 0. The fraction of sp³-hybridized carbons (Fsp3) is 0.0303. The Kier molecular flexibility index (Phi) is 3.87. The van der Waals surface area contributed by atoms with E-state index >= 15 is 0 Å². The van der Waals surface area contributed by atoms with Crippen LogP contribution in [0.5, 0.6) is 0 Å². The minimum Gasteiger partial charge on any atom is -0.454 e. The second kappa shape index (κ2) is 7.12. The number of para-hydroxylation sites is 4. The summed E-state index contributed by atoms with van der Waals surface area (Å²) in [4.78, 5) is 0. The van der Waals surface area contributed by atoms with Gasteiger partial charge in [-0.3, -0.25) is 9.13 Å². The van der Waals surface area contributed by atoms with E-state index in [1.807, 2.05) is 12.1 Å². The van der Waals surface area contributed by atoms with E-state index in [0.717, 1.165) is 39.0 Å².